The molecule has 1 N–H and O–H groups in total. The van der Waals surface area contributed by atoms with E-state index in [2.05, 4.69) is 72.0 Å². The van der Waals surface area contributed by atoms with Crippen molar-refractivity contribution in [3.8, 4) is 11.1 Å². The van der Waals surface area contributed by atoms with Crippen LogP contribution in [0.4, 0.5) is 0 Å². The number of rotatable bonds is 9. The highest BCUT2D eigenvalue weighted by Gasteiger charge is 2.26. The summed E-state index contributed by atoms with van der Waals surface area (Å²) in [5.74, 6) is 0. The normalized spacial score (nSPS) is 14.4. The molecule has 0 unspecified atom stereocenters. The second kappa shape index (κ2) is 9.89. The van der Waals surface area contributed by atoms with Crippen molar-refractivity contribution in [1.29, 1.82) is 0 Å². The summed E-state index contributed by atoms with van der Waals surface area (Å²) in [6, 6.07) is 15.1. The minimum absolute atomic E-state index is 0.311. The van der Waals surface area contributed by atoms with Crippen LogP contribution in [0.15, 0.2) is 53.7 Å². The largest absolute Gasteiger partial charge is 0.390 e. The Morgan fingerprint density at radius 1 is 0.931 bits per heavy atom. The maximum absolute atomic E-state index is 5.79. The van der Waals surface area contributed by atoms with E-state index in [9.17, 15) is 0 Å². The number of allylic oxidation sites excluding steroid dienone is 1. The van der Waals surface area contributed by atoms with Gasteiger partial charge < -0.3 is 10.2 Å². The molecular weight excluding hydrogens is 356 g/mol. The Balaban J connectivity index is 1.72. The zero-order valence-corrected chi connectivity index (χ0v) is 18.3. The fourth-order valence-corrected chi connectivity index (χ4v) is 3.53. The Kier molecular flexibility index (Phi) is 7.27. The minimum Gasteiger partial charge on any atom is -0.390 e. The molecule has 3 heteroatoms. The van der Waals surface area contributed by atoms with Crippen molar-refractivity contribution in [1.82, 2.24) is 5.32 Å². The second-order valence-corrected chi connectivity index (χ2v) is 8.60. The van der Waals surface area contributed by atoms with E-state index in [1.165, 1.54) is 36.0 Å². The van der Waals surface area contributed by atoms with Gasteiger partial charge in [0, 0.05) is 11.1 Å². The van der Waals surface area contributed by atoms with Crippen molar-refractivity contribution in [3.63, 3.8) is 0 Å². The number of nitrogens with zero attached hydrogens (tertiary/aromatic N) is 1. The van der Waals surface area contributed by atoms with Gasteiger partial charge in [0.1, 0.15) is 11.3 Å². The molecule has 3 rings (SSSR count). The van der Waals surface area contributed by atoms with Gasteiger partial charge in [0.15, 0.2) is 0 Å². The molecule has 0 radical (unpaired) electrons. The molecule has 0 atom stereocenters. The lowest BCUT2D eigenvalue weighted by molar-refractivity contribution is 0.00121. The Morgan fingerprint density at radius 3 is 2.45 bits per heavy atom. The van der Waals surface area contributed by atoms with Gasteiger partial charge in [0.05, 0.1) is 0 Å². The molecule has 0 heterocycles. The molecular formula is C26H34N2O. The molecule has 29 heavy (non-hydrogen) atoms. The topological polar surface area (TPSA) is 33.6 Å². The molecule has 0 aromatic heterocycles. The SMILES string of the molecule is CCNCCCCC/C=C/c1ccc2c(c1)/C(=N/OC(C)(C)C)c1ccccc1-2. The third kappa shape index (κ3) is 5.80. The summed E-state index contributed by atoms with van der Waals surface area (Å²) in [5, 5.41) is 7.93. The first-order valence-electron chi connectivity index (χ1n) is 10.9. The predicted octanol–water partition coefficient (Wildman–Crippen LogP) is 6.42. The second-order valence-electron chi connectivity index (χ2n) is 8.60. The lowest BCUT2D eigenvalue weighted by Crippen LogP contribution is -2.17. The van der Waals surface area contributed by atoms with E-state index in [1.807, 2.05) is 20.8 Å². The van der Waals surface area contributed by atoms with E-state index in [0.29, 0.717) is 0 Å². The molecule has 2 aromatic rings. The molecule has 0 bridgehead atoms. The zero-order chi connectivity index (χ0) is 20.7. The quantitative estimate of drug-likeness (QED) is 0.338. The highest BCUT2D eigenvalue weighted by molar-refractivity contribution is 6.24. The summed E-state index contributed by atoms with van der Waals surface area (Å²) < 4.78 is 0. The molecule has 1 aliphatic carbocycles. The summed E-state index contributed by atoms with van der Waals surface area (Å²) >= 11 is 0. The molecule has 0 amide bonds. The minimum atomic E-state index is -0.311. The van der Waals surface area contributed by atoms with Gasteiger partial charge in [0.2, 0.25) is 0 Å². The van der Waals surface area contributed by atoms with Crippen molar-refractivity contribution >= 4 is 11.8 Å². The van der Waals surface area contributed by atoms with Gasteiger partial charge in [-0.25, -0.2) is 0 Å². The monoisotopic (exact) mass is 390 g/mol. The van der Waals surface area contributed by atoms with Crippen molar-refractivity contribution in [3.05, 3.63) is 65.2 Å². The first-order valence-corrected chi connectivity index (χ1v) is 10.9. The van der Waals surface area contributed by atoms with Gasteiger partial charge in [-0.1, -0.05) is 67.1 Å². The standard InChI is InChI=1S/C26H34N2O/c1-5-27-18-12-8-6-7-9-13-20-16-17-22-21-14-10-11-15-23(21)25(24(22)19-20)28-29-26(2,3)4/h9-11,13-17,19,27H,5-8,12,18H2,1-4H3/b13-9+,28-25+. The lowest BCUT2D eigenvalue weighted by Gasteiger charge is -2.16. The molecule has 0 saturated carbocycles. The van der Waals surface area contributed by atoms with Crippen molar-refractivity contribution < 1.29 is 4.84 Å². The number of oxime groups is 1. The summed E-state index contributed by atoms with van der Waals surface area (Å²) in [7, 11) is 0. The van der Waals surface area contributed by atoms with Crippen LogP contribution in [0, 0.1) is 0 Å². The number of hydrogen-bond donors (Lipinski definition) is 1. The predicted molar refractivity (Wildman–Crippen MR) is 124 cm³/mol. The Labute approximate surface area is 175 Å². The first kappa shape index (κ1) is 21.3. The average Bonchev–Trinajstić information content (AvgIpc) is 3.01. The number of fused-ring (bicyclic) bond motifs is 3. The van der Waals surface area contributed by atoms with Crippen molar-refractivity contribution in [2.24, 2.45) is 5.16 Å². The Morgan fingerprint density at radius 2 is 1.69 bits per heavy atom. The van der Waals surface area contributed by atoms with Crippen LogP contribution in [-0.2, 0) is 4.84 Å². The fraction of sp³-hybridized carbons (Fsp3) is 0.423. The zero-order valence-electron chi connectivity index (χ0n) is 18.3. The molecule has 0 aliphatic heterocycles. The number of unbranched alkanes of at least 4 members (excludes halogenated alkanes) is 3. The third-order valence-electron chi connectivity index (χ3n) is 4.97. The molecule has 0 spiro atoms. The Hall–Kier alpha value is -2.39. The highest BCUT2D eigenvalue weighted by atomic mass is 16.6. The maximum atomic E-state index is 5.79. The number of nitrogens with one attached hydrogen (secondary N) is 1. The smallest absolute Gasteiger partial charge is 0.129 e. The van der Waals surface area contributed by atoms with Crippen LogP contribution in [0.5, 0.6) is 0 Å². The highest BCUT2D eigenvalue weighted by Crippen LogP contribution is 2.37. The van der Waals surface area contributed by atoms with Crippen LogP contribution >= 0.6 is 0 Å². The van der Waals surface area contributed by atoms with E-state index >= 15 is 0 Å². The average molecular weight is 391 g/mol. The van der Waals surface area contributed by atoms with E-state index in [-0.39, 0.29) is 5.60 Å². The van der Waals surface area contributed by atoms with Gasteiger partial charge in [-0.2, -0.15) is 0 Å². The summed E-state index contributed by atoms with van der Waals surface area (Å²) in [6.45, 7) is 10.4. The molecule has 0 saturated heterocycles. The van der Waals surface area contributed by atoms with Gasteiger partial charge in [-0.3, -0.25) is 0 Å². The Bertz CT molecular complexity index is 875. The van der Waals surface area contributed by atoms with E-state index in [4.69, 9.17) is 4.84 Å². The molecule has 0 fully saturated rings. The van der Waals surface area contributed by atoms with E-state index in [1.54, 1.807) is 0 Å². The first-order chi connectivity index (χ1) is 14.0. The summed E-state index contributed by atoms with van der Waals surface area (Å²) in [6.07, 6.45) is 9.42. The van der Waals surface area contributed by atoms with Crippen LogP contribution in [0.25, 0.3) is 17.2 Å². The molecule has 154 valence electrons. The van der Waals surface area contributed by atoms with Crippen molar-refractivity contribution in [2.45, 2.75) is 59.0 Å². The summed E-state index contributed by atoms with van der Waals surface area (Å²) in [4.78, 5) is 5.79. The van der Waals surface area contributed by atoms with Crippen LogP contribution < -0.4 is 5.32 Å². The van der Waals surface area contributed by atoms with Crippen LogP contribution in [0.1, 0.15) is 70.1 Å². The van der Waals surface area contributed by atoms with Crippen LogP contribution in [0.2, 0.25) is 0 Å². The van der Waals surface area contributed by atoms with Crippen LogP contribution in [0.3, 0.4) is 0 Å². The van der Waals surface area contributed by atoms with Gasteiger partial charge >= 0.3 is 0 Å². The van der Waals surface area contributed by atoms with Gasteiger partial charge in [0.25, 0.3) is 0 Å². The third-order valence-corrected chi connectivity index (χ3v) is 4.97. The van der Waals surface area contributed by atoms with Gasteiger partial charge in [-0.15, -0.1) is 0 Å². The van der Waals surface area contributed by atoms with E-state index < -0.39 is 0 Å². The lowest BCUT2D eigenvalue weighted by atomic mass is 10.0. The fourth-order valence-electron chi connectivity index (χ4n) is 3.53. The number of benzene rings is 2. The number of hydrogen-bond acceptors (Lipinski definition) is 3. The molecule has 2 aromatic carbocycles. The van der Waals surface area contributed by atoms with Crippen molar-refractivity contribution in [2.75, 3.05) is 13.1 Å². The molecule has 1 aliphatic rings. The summed E-state index contributed by atoms with van der Waals surface area (Å²) in [5.41, 5.74) is 6.61. The van der Waals surface area contributed by atoms with E-state index in [0.717, 1.165) is 36.3 Å². The van der Waals surface area contributed by atoms with Gasteiger partial charge in [-0.05, 0) is 75.9 Å². The molecule has 3 nitrogen and oxygen atoms in total. The van der Waals surface area contributed by atoms with Crippen LogP contribution in [-0.4, -0.2) is 24.4 Å². The maximum Gasteiger partial charge on any atom is 0.129 e.